The summed E-state index contributed by atoms with van der Waals surface area (Å²) >= 11 is 0.823. The number of hydrogen-bond acceptors (Lipinski definition) is 3. The number of nitrogen functional groups attached to an aromatic ring is 1. The van der Waals surface area contributed by atoms with E-state index in [0.29, 0.717) is 6.07 Å². The van der Waals surface area contributed by atoms with E-state index in [1.54, 1.807) is 0 Å². The van der Waals surface area contributed by atoms with Crippen molar-refractivity contribution in [3.05, 3.63) is 23.5 Å². The maximum atomic E-state index is 13.2. The van der Waals surface area contributed by atoms with Crippen molar-refractivity contribution in [2.75, 3.05) is 5.73 Å². The lowest BCUT2D eigenvalue weighted by molar-refractivity contribution is -0.137. The fraction of sp³-hybridized carbons (Fsp3) is 0.125. The highest BCUT2D eigenvalue weighted by molar-refractivity contribution is 7.22. The lowest BCUT2D eigenvalue weighted by Crippen LogP contribution is -2.05. The standard InChI is InChI=1S/C8H4F4N2S/c9-4-1-3(8(10,11)12)2-5-6(4)14-7(13)15-5/h1-2H,(H2,13,14). The first-order valence-corrected chi connectivity index (χ1v) is 4.62. The summed E-state index contributed by atoms with van der Waals surface area (Å²) in [6, 6.07) is 1.26. The Balaban J connectivity index is 2.72. The van der Waals surface area contributed by atoms with Crippen molar-refractivity contribution in [3.8, 4) is 0 Å². The fourth-order valence-corrected chi connectivity index (χ4v) is 1.96. The van der Waals surface area contributed by atoms with Gasteiger partial charge in [-0.1, -0.05) is 11.3 Å². The van der Waals surface area contributed by atoms with Gasteiger partial charge in [-0.3, -0.25) is 0 Å². The Morgan fingerprint density at radius 1 is 1.27 bits per heavy atom. The molecule has 2 rings (SSSR count). The van der Waals surface area contributed by atoms with Crippen LogP contribution in [0.2, 0.25) is 0 Å². The number of aromatic nitrogens is 1. The van der Waals surface area contributed by atoms with Crippen LogP contribution in [0.4, 0.5) is 22.7 Å². The lowest BCUT2D eigenvalue weighted by Gasteiger charge is -2.05. The molecule has 15 heavy (non-hydrogen) atoms. The molecule has 0 saturated heterocycles. The van der Waals surface area contributed by atoms with E-state index in [4.69, 9.17) is 5.73 Å². The third kappa shape index (κ3) is 1.74. The molecular formula is C8H4F4N2S. The Bertz CT molecular complexity index is 517. The number of nitrogens with zero attached hydrogens (tertiary/aromatic N) is 1. The average molecular weight is 236 g/mol. The Morgan fingerprint density at radius 3 is 2.53 bits per heavy atom. The second kappa shape index (κ2) is 3.06. The van der Waals surface area contributed by atoms with Crippen LogP contribution in [0.1, 0.15) is 5.56 Å². The van der Waals surface area contributed by atoms with Crippen molar-refractivity contribution in [1.29, 1.82) is 0 Å². The predicted octanol–water partition coefficient (Wildman–Crippen LogP) is 3.04. The third-order valence-corrected chi connectivity index (χ3v) is 2.62. The molecule has 7 heteroatoms. The summed E-state index contributed by atoms with van der Waals surface area (Å²) in [6.07, 6.45) is -4.56. The minimum atomic E-state index is -4.56. The van der Waals surface area contributed by atoms with Gasteiger partial charge in [0.05, 0.1) is 10.3 Å². The SMILES string of the molecule is Nc1nc2c(F)cc(C(F)(F)F)cc2s1. The summed E-state index contributed by atoms with van der Waals surface area (Å²) in [5.74, 6) is -1.01. The van der Waals surface area contributed by atoms with Crippen LogP contribution in [0.15, 0.2) is 12.1 Å². The highest BCUT2D eigenvalue weighted by atomic mass is 32.1. The predicted molar refractivity (Wildman–Crippen MR) is 49.0 cm³/mol. The molecule has 0 aliphatic rings. The molecule has 1 aromatic carbocycles. The van der Waals surface area contributed by atoms with Gasteiger partial charge in [0.1, 0.15) is 5.52 Å². The molecule has 1 aromatic heterocycles. The van der Waals surface area contributed by atoms with E-state index in [0.717, 1.165) is 17.4 Å². The molecule has 0 bridgehead atoms. The molecule has 0 fully saturated rings. The Kier molecular flexibility index (Phi) is 2.07. The van der Waals surface area contributed by atoms with Crippen LogP contribution in [0, 0.1) is 5.82 Å². The molecule has 0 radical (unpaired) electrons. The number of halogens is 4. The van der Waals surface area contributed by atoms with Gasteiger partial charge in [0.2, 0.25) is 0 Å². The molecule has 0 aliphatic carbocycles. The third-order valence-electron chi connectivity index (χ3n) is 1.79. The highest BCUT2D eigenvalue weighted by Gasteiger charge is 2.32. The zero-order chi connectivity index (χ0) is 11.2. The van der Waals surface area contributed by atoms with Crippen molar-refractivity contribution >= 4 is 26.7 Å². The van der Waals surface area contributed by atoms with Crippen LogP contribution in [0.3, 0.4) is 0 Å². The molecule has 2 N–H and O–H groups in total. The maximum absolute atomic E-state index is 13.2. The van der Waals surface area contributed by atoms with Crippen LogP contribution in [-0.2, 0) is 6.18 Å². The quantitative estimate of drug-likeness (QED) is 0.714. The van der Waals surface area contributed by atoms with E-state index in [9.17, 15) is 17.6 Å². The minimum Gasteiger partial charge on any atom is -0.375 e. The summed E-state index contributed by atoms with van der Waals surface area (Å²) in [4.78, 5) is 3.59. The van der Waals surface area contributed by atoms with Gasteiger partial charge in [0, 0.05) is 0 Å². The van der Waals surface area contributed by atoms with Crippen molar-refractivity contribution in [2.45, 2.75) is 6.18 Å². The van der Waals surface area contributed by atoms with Gasteiger partial charge in [-0.05, 0) is 12.1 Å². The molecule has 0 amide bonds. The second-order valence-electron chi connectivity index (χ2n) is 2.85. The Hall–Kier alpha value is -1.37. The van der Waals surface area contributed by atoms with Gasteiger partial charge in [-0.25, -0.2) is 9.37 Å². The van der Waals surface area contributed by atoms with Crippen molar-refractivity contribution in [3.63, 3.8) is 0 Å². The van der Waals surface area contributed by atoms with Gasteiger partial charge in [-0.15, -0.1) is 0 Å². The summed E-state index contributed by atoms with van der Waals surface area (Å²) in [7, 11) is 0. The first-order chi connectivity index (χ1) is 6.88. The van der Waals surface area contributed by atoms with Gasteiger partial charge >= 0.3 is 6.18 Å². The maximum Gasteiger partial charge on any atom is 0.416 e. The highest BCUT2D eigenvalue weighted by Crippen LogP contribution is 2.35. The number of anilines is 1. The summed E-state index contributed by atoms with van der Waals surface area (Å²) < 4.78 is 50.1. The number of fused-ring (bicyclic) bond motifs is 1. The first-order valence-electron chi connectivity index (χ1n) is 3.80. The number of thiazole rings is 1. The largest absolute Gasteiger partial charge is 0.416 e. The molecule has 0 aliphatic heterocycles. The zero-order valence-corrected chi connectivity index (χ0v) is 7.92. The van der Waals surface area contributed by atoms with Crippen LogP contribution < -0.4 is 5.73 Å². The van der Waals surface area contributed by atoms with E-state index in [2.05, 4.69) is 4.98 Å². The molecule has 1 heterocycles. The van der Waals surface area contributed by atoms with Gasteiger partial charge in [0.25, 0.3) is 0 Å². The van der Waals surface area contributed by atoms with Crippen LogP contribution in [-0.4, -0.2) is 4.98 Å². The number of rotatable bonds is 0. The van der Waals surface area contributed by atoms with Gasteiger partial charge < -0.3 is 5.73 Å². The number of nitrogens with two attached hydrogens (primary N) is 1. The molecule has 0 spiro atoms. The minimum absolute atomic E-state index is 0.0447. The molecular weight excluding hydrogens is 232 g/mol. The van der Waals surface area contributed by atoms with E-state index in [1.807, 2.05) is 0 Å². The topological polar surface area (TPSA) is 38.9 Å². The lowest BCUT2D eigenvalue weighted by atomic mass is 10.2. The van der Waals surface area contributed by atoms with Crippen LogP contribution in [0.25, 0.3) is 10.2 Å². The summed E-state index contributed by atoms with van der Waals surface area (Å²) in [5, 5.41) is 0.0447. The Labute approximate surface area is 85.3 Å². The Morgan fingerprint density at radius 2 is 1.93 bits per heavy atom. The fourth-order valence-electron chi connectivity index (χ4n) is 1.17. The molecule has 2 aromatic rings. The van der Waals surface area contributed by atoms with Crippen LogP contribution >= 0.6 is 11.3 Å². The van der Waals surface area contributed by atoms with E-state index in [1.165, 1.54) is 0 Å². The van der Waals surface area contributed by atoms with E-state index < -0.39 is 17.6 Å². The van der Waals surface area contributed by atoms with Crippen molar-refractivity contribution in [2.24, 2.45) is 0 Å². The molecule has 80 valence electrons. The monoisotopic (exact) mass is 236 g/mol. The molecule has 0 unspecified atom stereocenters. The molecule has 0 saturated carbocycles. The van der Waals surface area contributed by atoms with E-state index >= 15 is 0 Å². The average Bonchev–Trinajstić information content (AvgIpc) is 2.44. The zero-order valence-electron chi connectivity index (χ0n) is 7.10. The number of hydrogen-bond donors (Lipinski definition) is 1. The summed E-state index contributed by atoms with van der Waals surface area (Å²) in [5.41, 5.74) is 4.13. The molecule has 0 atom stereocenters. The first kappa shape index (κ1) is 10.2. The van der Waals surface area contributed by atoms with Crippen LogP contribution in [0.5, 0.6) is 0 Å². The van der Waals surface area contributed by atoms with Crippen molar-refractivity contribution in [1.82, 2.24) is 4.98 Å². The number of benzene rings is 1. The number of alkyl halides is 3. The normalized spacial score (nSPS) is 12.3. The van der Waals surface area contributed by atoms with Gasteiger partial charge in [0.15, 0.2) is 10.9 Å². The van der Waals surface area contributed by atoms with E-state index in [-0.39, 0.29) is 15.3 Å². The van der Waals surface area contributed by atoms with Gasteiger partial charge in [-0.2, -0.15) is 13.2 Å². The molecule has 2 nitrogen and oxygen atoms in total. The summed E-state index contributed by atoms with van der Waals surface area (Å²) in [6.45, 7) is 0. The smallest absolute Gasteiger partial charge is 0.375 e. The second-order valence-corrected chi connectivity index (χ2v) is 3.92. The van der Waals surface area contributed by atoms with Crippen molar-refractivity contribution < 1.29 is 17.6 Å².